The van der Waals surface area contributed by atoms with Crippen LogP contribution < -0.4 is 4.90 Å². The van der Waals surface area contributed by atoms with Gasteiger partial charge < -0.3 is 14.4 Å². The van der Waals surface area contributed by atoms with E-state index in [0.29, 0.717) is 18.4 Å². The molecule has 0 aliphatic heterocycles. The van der Waals surface area contributed by atoms with Gasteiger partial charge in [-0.2, -0.15) is 0 Å². The Hall–Kier alpha value is -2.37. The summed E-state index contributed by atoms with van der Waals surface area (Å²) in [4.78, 5) is 21.1. The molecule has 0 radical (unpaired) electrons. The van der Waals surface area contributed by atoms with Crippen LogP contribution in [-0.4, -0.2) is 27.1 Å². The summed E-state index contributed by atoms with van der Waals surface area (Å²) >= 11 is 0. The number of nitrogens with zero attached hydrogens (tertiary/aromatic N) is 3. The molecule has 1 aliphatic carbocycles. The number of hydrogen-bond acceptors (Lipinski definition) is 5. The number of carboxylic acid groups (broad SMARTS) is 1. The van der Waals surface area contributed by atoms with Gasteiger partial charge in [-0.1, -0.05) is 0 Å². The van der Waals surface area contributed by atoms with Gasteiger partial charge in [0.25, 0.3) is 0 Å². The van der Waals surface area contributed by atoms with Crippen LogP contribution in [0.5, 0.6) is 0 Å². The van der Waals surface area contributed by atoms with Gasteiger partial charge in [0.1, 0.15) is 23.5 Å². The first-order valence-electron chi connectivity index (χ1n) is 6.08. The maximum atomic E-state index is 11.2. The Kier molecular flexibility index (Phi) is 2.91. The molecule has 2 aromatic heterocycles. The molecule has 1 fully saturated rings. The molecule has 0 aromatic carbocycles. The van der Waals surface area contributed by atoms with Gasteiger partial charge in [0.15, 0.2) is 0 Å². The lowest BCUT2D eigenvalue weighted by Gasteiger charge is -2.23. The fourth-order valence-electron chi connectivity index (χ4n) is 2.04. The minimum atomic E-state index is -1.01. The van der Waals surface area contributed by atoms with Crippen LogP contribution in [0.25, 0.3) is 0 Å². The average Bonchev–Trinajstić information content (AvgIpc) is 3.13. The second-order valence-electron chi connectivity index (χ2n) is 4.50. The third-order valence-electron chi connectivity index (χ3n) is 3.09. The standard InChI is InChI=1S/C13H13N3O3/c17-13(18)11-6-14-8-15-12(11)16(9-3-4-9)7-10-2-1-5-19-10/h1-2,5-6,8-9H,3-4,7H2,(H,17,18). The molecule has 0 unspecified atom stereocenters. The Bertz CT molecular complexity index is 579. The van der Waals surface area contributed by atoms with Crippen LogP contribution in [0.15, 0.2) is 35.3 Å². The van der Waals surface area contributed by atoms with Crippen LogP contribution in [0.1, 0.15) is 29.0 Å². The molecular weight excluding hydrogens is 246 g/mol. The van der Waals surface area contributed by atoms with E-state index in [-0.39, 0.29) is 5.56 Å². The van der Waals surface area contributed by atoms with Gasteiger partial charge in [0, 0.05) is 12.2 Å². The number of hydrogen-bond donors (Lipinski definition) is 1. The van der Waals surface area contributed by atoms with Crippen molar-refractivity contribution in [3.8, 4) is 0 Å². The van der Waals surface area contributed by atoms with Crippen LogP contribution >= 0.6 is 0 Å². The van der Waals surface area contributed by atoms with Crippen molar-refractivity contribution < 1.29 is 14.3 Å². The quantitative estimate of drug-likeness (QED) is 0.883. The van der Waals surface area contributed by atoms with Gasteiger partial charge in [-0.05, 0) is 25.0 Å². The molecule has 1 N–H and O–H groups in total. The number of aromatic carboxylic acids is 1. The van der Waals surface area contributed by atoms with E-state index in [2.05, 4.69) is 9.97 Å². The number of carbonyl (C=O) groups is 1. The number of rotatable bonds is 5. The van der Waals surface area contributed by atoms with Gasteiger partial charge in [-0.3, -0.25) is 0 Å². The van der Waals surface area contributed by atoms with Crippen molar-refractivity contribution in [1.82, 2.24) is 9.97 Å². The van der Waals surface area contributed by atoms with Crippen LogP contribution in [-0.2, 0) is 6.54 Å². The average molecular weight is 259 g/mol. The van der Waals surface area contributed by atoms with Gasteiger partial charge in [-0.15, -0.1) is 0 Å². The number of anilines is 1. The summed E-state index contributed by atoms with van der Waals surface area (Å²) in [5.74, 6) is 0.240. The maximum Gasteiger partial charge on any atom is 0.341 e. The molecule has 0 amide bonds. The Morgan fingerprint density at radius 3 is 3.00 bits per heavy atom. The highest BCUT2D eigenvalue weighted by Crippen LogP contribution is 2.33. The molecule has 19 heavy (non-hydrogen) atoms. The molecule has 98 valence electrons. The maximum absolute atomic E-state index is 11.2. The topological polar surface area (TPSA) is 79.5 Å². The van der Waals surface area contributed by atoms with E-state index in [4.69, 9.17) is 4.42 Å². The molecule has 6 heteroatoms. The van der Waals surface area contributed by atoms with Gasteiger partial charge in [-0.25, -0.2) is 14.8 Å². The van der Waals surface area contributed by atoms with E-state index in [1.807, 2.05) is 17.0 Å². The van der Waals surface area contributed by atoms with Crippen molar-refractivity contribution in [2.75, 3.05) is 4.90 Å². The van der Waals surface area contributed by atoms with E-state index < -0.39 is 5.97 Å². The molecule has 2 heterocycles. The van der Waals surface area contributed by atoms with Crippen LogP contribution in [0.4, 0.5) is 5.82 Å². The summed E-state index contributed by atoms with van der Waals surface area (Å²) < 4.78 is 5.33. The lowest BCUT2D eigenvalue weighted by molar-refractivity contribution is 0.0696. The summed E-state index contributed by atoms with van der Waals surface area (Å²) in [5, 5.41) is 9.21. The minimum Gasteiger partial charge on any atom is -0.477 e. The highest BCUT2D eigenvalue weighted by Gasteiger charge is 2.33. The second-order valence-corrected chi connectivity index (χ2v) is 4.50. The van der Waals surface area contributed by atoms with Crippen molar-refractivity contribution in [2.45, 2.75) is 25.4 Å². The van der Waals surface area contributed by atoms with Crippen LogP contribution in [0.2, 0.25) is 0 Å². The fourth-order valence-corrected chi connectivity index (χ4v) is 2.04. The number of carboxylic acids is 1. The molecule has 1 saturated carbocycles. The molecule has 1 aliphatic rings. The monoisotopic (exact) mass is 259 g/mol. The van der Waals surface area contributed by atoms with Crippen molar-refractivity contribution >= 4 is 11.8 Å². The zero-order chi connectivity index (χ0) is 13.2. The highest BCUT2D eigenvalue weighted by molar-refractivity contribution is 5.93. The molecule has 3 rings (SSSR count). The molecule has 2 aromatic rings. The van der Waals surface area contributed by atoms with Crippen molar-refractivity contribution in [1.29, 1.82) is 0 Å². The summed E-state index contributed by atoms with van der Waals surface area (Å²) in [5.41, 5.74) is 0.126. The Labute approximate surface area is 109 Å². The molecular formula is C13H13N3O3. The normalized spacial score (nSPS) is 14.3. The predicted molar refractivity (Wildman–Crippen MR) is 66.9 cm³/mol. The van der Waals surface area contributed by atoms with E-state index >= 15 is 0 Å². The van der Waals surface area contributed by atoms with E-state index in [1.54, 1.807) is 6.26 Å². The minimum absolute atomic E-state index is 0.126. The van der Waals surface area contributed by atoms with Crippen LogP contribution in [0.3, 0.4) is 0 Å². The largest absolute Gasteiger partial charge is 0.477 e. The first-order valence-corrected chi connectivity index (χ1v) is 6.08. The van der Waals surface area contributed by atoms with Gasteiger partial charge in [0.2, 0.25) is 0 Å². The fraction of sp³-hybridized carbons (Fsp3) is 0.308. The summed E-state index contributed by atoms with van der Waals surface area (Å²) in [7, 11) is 0. The lowest BCUT2D eigenvalue weighted by atomic mass is 10.2. The first kappa shape index (κ1) is 11.7. The van der Waals surface area contributed by atoms with Gasteiger partial charge >= 0.3 is 5.97 Å². The smallest absolute Gasteiger partial charge is 0.341 e. The van der Waals surface area contributed by atoms with Crippen molar-refractivity contribution in [2.24, 2.45) is 0 Å². The van der Waals surface area contributed by atoms with E-state index in [0.717, 1.165) is 18.6 Å². The molecule has 0 spiro atoms. The zero-order valence-corrected chi connectivity index (χ0v) is 10.2. The third-order valence-corrected chi connectivity index (χ3v) is 3.09. The SMILES string of the molecule is O=C(O)c1cncnc1N(Cc1ccco1)C1CC1. The number of furan rings is 1. The third kappa shape index (κ3) is 2.42. The Morgan fingerprint density at radius 2 is 2.37 bits per heavy atom. The summed E-state index contributed by atoms with van der Waals surface area (Å²) in [6, 6.07) is 4.02. The molecule has 0 atom stereocenters. The second kappa shape index (κ2) is 4.72. The molecule has 0 bridgehead atoms. The number of aromatic nitrogens is 2. The summed E-state index contributed by atoms with van der Waals surface area (Å²) in [6.07, 6.45) is 6.41. The molecule has 6 nitrogen and oxygen atoms in total. The zero-order valence-electron chi connectivity index (χ0n) is 10.2. The summed E-state index contributed by atoms with van der Waals surface area (Å²) in [6.45, 7) is 0.523. The van der Waals surface area contributed by atoms with E-state index in [1.165, 1.54) is 12.5 Å². The van der Waals surface area contributed by atoms with Crippen molar-refractivity contribution in [3.05, 3.63) is 42.2 Å². The van der Waals surface area contributed by atoms with Crippen molar-refractivity contribution in [3.63, 3.8) is 0 Å². The van der Waals surface area contributed by atoms with Crippen LogP contribution in [0, 0.1) is 0 Å². The predicted octanol–water partition coefficient (Wildman–Crippen LogP) is 1.94. The van der Waals surface area contributed by atoms with E-state index in [9.17, 15) is 9.90 Å². The lowest BCUT2D eigenvalue weighted by Crippen LogP contribution is -2.28. The Balaban J connectivity index is 1.94. The molecule has 0 saturated heterocycles. The Morgan fingerprint density at radius 1 is 1.53 bits per heavy atom. The van der Waals surface area contributed by atoms with Gasteiger partial charge in [0.05, 0.1) is 12.8 Å². The first-order chi connectivity index (χ1) is 9.25. The highest BCUT2D eigenvalue weighted by atomic mass is 16.4.